The van der Waals surface area contributed by atoms with Gasteiger partial charge in [-0.3, -0.25) is 0 Å². The third-order valence-corrected chi connectivity index (χ3v) is 2.77. The van der Waals surface area contributed by atoms with E-state index in [-0.39, 0.29) is 5.89 Å². The molecule has 0 saturated heterocycles. The van der Waals surface area contributed by atoms with Crippen molar-refractivity contribution in [2.24, 2.45) is 5.73 Å². The maximum atomic E-state index is 9.56. The highest BCUT2D eigenvalue weighted by Crippen LogP contribution is 2.23. The normalized spacial score (nSPS) is 12.9. The van der Waals surface area contributed by atoms with Gasteiger partial charge in [-0.05, 0) is 24.4 Å². The molecule has 1 atom stereocenters. The summed E-state index contributed by atoms with van der Waals surface area (Å²) in [4.78, 5) is 5.02. The van der Waals surface area contributed by atoms with Gasteiger partial charge >= 0.3 is 0 Å². The van der Waals surface area contributed by atoms with Crippen LogP contribution in [0.5, 0.6) is 0 Å². The summed E-state index contributed by atoms with van der Waals surface area (Å²) in [6.07, 6.45) is -0.345. The number of thiophene rings is 1. The van der Waals surface area contributed by atoms with Crippen LogP contribution in [0.1, 0.15) is 18.4 Å². The number of aliphatic hydroxyl groups excluding tert-OH is 1. The van der Waals surface area contributed by atoms with Crippen LogP contribution in [0.3, 0.4) is 0 Å². The van der Waals surface area contributed by atoms with Crippen LogP contribution in [-0.4, -0.2) is 21.8 Å². The molecule has 0 aromatic carbocycles. The molecule has 0 unspecified atom stereocenters. The summed E-state index contributed by atoms with van der Waals surface area (Å²) >= 11 is 1.52. The minimum atomic E-state index is -0.767. The fraction of sp³-hybridized carbons (Fsp3) is 0.333. The zero-order valence-corrected chi connectivity index (χ0v) is 8.78. The van der Waals surface area contributed by atoms with Crippen molar-refractivity contribution < 1.29 is 9.63 Å². The number of nitrogens with zero attached hydrogens (tertiary/aromatic N) is 2. The minimum absolute atomic E-state index is 0.226. The van der Waals surface area contributed by atoms with Crippen LogP contribution in [0.15, 0.2) is 22.0 Å². The molecule has 0 radical (unpaired) electrons. The van der Waals surface area contributed by atoms with Crippen molar-refractivity contribution in [2.45, 2.75) is 12.5 Å². The fourth-order valence-electron chi connectivity index (χ4n) is 1.16. The van der Waals surface area contributed by atoms with Crippen molar-refractivity contribution in [3.05, 3.63) is 23.4 Å². The van der Waals surface area contributed by atoms with Crippen LogP contribution >= 0.6 is 11.3 Å². The lowest BCUT2D eigenvalue weighted by molar-refractivity contribution is 0.127. The zero-order valence-electron chi connectivity index (χ0n) is 7.96. The van der Waals surface area contributed by atoms with Gasteiger partial charge in [0, 0.05) is 0 Å². The molecule has 3 N–H and O–H groups in total. The molecule has 0 amide bonds. The van der Waals surface area contributed by atoms with Crippen LogP contribution in [0.25, 0.3) is 10.7 Å². The predicted molar refractivity (Wildman–Crippen MR) is 56.2 cm³/mol. The Morgan fingerprint density at radius 1 is 1.60 bits per heavy atom. The van der Waals surface area contributed by atoms with Crippen LogP contribution < -0.4 is 5.73 Å². The van der Waals surface area contributed by atoms with Gasteiger partial charge in [0.1, 0.15) is 6.10 Å². The highest BCUT2D eigenvalue weighted by Gasteiger charge is 2.16. The Balaban J connectivity index is 2.17. The number of rotatable bonds is 4. The second kappa shape index (κ2) is 4.52. The van der Waals surface area contributed by atoms with E-state index in [1.165, 1.54) is 11.3 Å². The smallest absolute Gasteiger partial charge is 0.255 e. The average molecular weight is 225 g/mol. The lowest BCUT2D eigenvalue weighted by Gasteiger charge is -2.00. The van der Waals surface area contributed by atoms with E-state index in [0.29, 0.717) is 18.8 Å². The molecule has 0 saturated carbocycles. The van der Waals surface area contributed by atoms with E-state index in [1.54, 1.807) is 0 Å². The maximum Gasteiger partial charge on any atom is 0.255 e. The number of hydrogen-bond acceptors (Lipinski definition) is 6. The zero-order chi connectivity index (χ0) is 10.7. The van der Waals surface area contributed by atoms with Crippen molar-refractivity contribution in [3.63, 3.8) is 0 Å². The molecule has 0 spiro atoms. The van der Waals surface area contributed by atoms with Crippen molar-refractivity contribution in [1.29, 1.82) is 0 Å². The van der Waals surface area contributed by atoms with E-state index < -0.39 is 6.10 Å². The summed E-state index contributed by atoms with van der Waals surface area (Å²) in [7, 11) is 0. The average Bonchev–Trinajstić information content (AvgIpc) is 2.89. The van der Waals surface area contributed by atoms with E-state index >= 15 is 0 Å². The Labute approximate surface area is 90.5 Å². The van der Waals surface area contributed by atoms with Gasteiger partial charge in [-0.1, -0.05) is 11.2 Å². The second-order valence-electron chi connectivity index (χ2n) is 3.03. The molecule has 2 rings (SSSR count). The standard InChI is InChI=1S/C9H11N3O2S/c10-4-3-6(13)9-11-8(12-14-9)7-2-1-5-15-7/h1-2,5-6,13H,3-4,10H2/t6-/m0/s1. The fourth-order valence-corrected chi connectivity index (χ4v) is 1.81. The number of aromatic nitrogens is 2. The number of nitrogens with two attached hydrogens (primary N) is 1. The molecule has 80 valence electrons. The Hall–Kier alpha value is -1.24. The van der Waals surface area contributed by atoms with Crippen molar-refractivity contribution in [2.75, 3.05) is 6.54 Å². The van der Waals surface area contributed by atoms with Gasteiger partial charge in [-0.25, -0.2) is 0 Å². The van der Waals surface area contributed by atoms with E-state index in [9.17, 15) is 5.11 Å². The first-order valence-corrected chi connectivity index (χ1v) is 5.45. The highest BCUT2D eigenvalue weighted by atomic mass is 32.1. The first-order chi connectivity index (χ1) is 7.31. The predicted octanol–water partition coefficient (Wildman–Crippen LogP) is 1.18. The minimum Gasteiger partial charge on any atom is -0.383 e. The Morgan fingerprint density at radius 2 is 2.47 bits per heavy atom. The van der Waals surface area contributed by atoms with Crippen molar-refractivity contribution >= 4 is 11.3 Å². The molecule has 0 fully saturated rings. The van der Waals surface area contributed by atoms with E-state index in [2.05, 4.69) is 10.1 Å². The SMILES string of the molecule is NCC[C@H](O)c1nc(-c2cccs2)no1. The summed E-state index contributed by atoms with van der Waals surface area (Å²) in [5.74, 6) is 0.736. The lowest BCUT2D eigenvalue weighted by Crippen LogP contribution is -2.06. The van der Waals surface area contributed by atoms with Gasteiger partial charge in [-0.2, -0.15) is 4.98 Å². The highest BCUT2D eigenvalue weighted by molar-refractivity contribution is 7.13. The first-order valence-electron chi connectivity index (χ1n) is 4.57. The molecule has 0 aliphatic carbocycles. The molecule has 2 aromatic heterocycles. The Kier molecular flexibility index (Phi) is 3.10. The topological polar surface area (TPSA) is 85.2 Å². The van der Waals surface area contributed by atoms with Gasteiger partial charge in [-0.15, -0.1) is 11.3 Å². The van der Waals surface area contributed by atoms with Crippen LogP contribution in [0, 0.1) is 0 Å². The molecule has 6 heteroatoms. The van der Waals surface area contributed by atoms with Gasteiger partial charge in [0.15, 0.2) is 0 Å². The molecule has 5 nitrogen and oxygen atoms in total. The summed E-state index contributed by atoms with van der Waals surface area (Å²) in [5.41, 5.74) is 5.32. The second-order valence-corrected chi connectivity index (χ2v) is 3.97. The summed E-state index contributed by atoms with van der Waals surface area (Å²) in [6.45, 7) is 0.387. The molecule has 0 aliphatic heterocycles. The van der Waals surface area contributed by atoms with E-state index in [4.69, 9.17) is 10.3 Å². The largest absolute Gasteiger partial charge is 0.383 e. The molecule has 2 aromatic rings. The molecule has 2 heterocycles. The molecule has 0 aliphatic rings. The van der Waals surface area contributed by atoms with Crippen molar-refractivity contribution in [3.8, 4) is 10.7 Å². The van der Waals surface area contributed by atoms with Crippen LogP contribution in [0.4, 0.5) is 0 Å². The maximum absolute atomic E-state index is 9.56. The van der Waals surface area contributed by atoms with Crippen LogP contribution in [-0.2, 0) is 0 Å². The van der Waals surface area contributed by atoms with Crippen LogP contribution in [0.2, 0.25) is 0 Å². The monoisotopic (exact) mass is 225 g/mol. The van der Waals surface area contributed by atoms with E-state index in [0.717, 1.165) is 4.88 Å². The lowest BCUT2D eigenvalue weighted by atomic mass is 10.2. The Bertz CT molecular complexity index is 413. The van der Waals surface area contributed by atoms with Crippen molar-refractivity contribution in [1.82, 2.24) is 10.1 Å². The van der Waals surface area contributed by atoms with E-state index in [1.807, 2.05) is 17.5 Å². The number of aliphatic hydroxyl groups is 1. The molecular weight excluding hydrogens is 214 g/mol. The number of hydrogen-bond donors (Lipinski definition) is 2. The molecule has 15 heavy (non-hydrogen) atoms. The molecular formula is C9H11N3O2S. The van der Waals surface area contributed by atoms with Gasteiger partial charge < -0.3 is 15.4 Å². The summed E-state index contributed by atoms with van der Waals surface area (Å²) in [5, 5.41) is 15.3. The Morgan fingerprint density at radius 3 is 3.13 bits per heavy atom. The molecule has 0 bridgehead atoms. The first kappa shape index (κ1) is 10.3. The van der Waals surface area contributed by atoms with Gasteiger partial charge in [0.05, 0.1) is 4.88 Å². The third kappa shape index (κ3) is 2.23. The summed E-state index contributed by atoms with van der Waals surface area (Å²) < 4.78 is 4.94. The summed E-state index contributed by atoms with van der Waals surface area (Å²) in [6, 6.07) is 3.81. The third-order valence-electron chi connectivity index (χ3n) is 1.91. The van der Waals surface area contributed by atoms with Gasteiger partial charge in [0.25, 0.3) is 5.89 Å². The van der Waals surface area contributed by atoms with Gasteiger partial charge in [0.2, 0.25) is 5.82 Å². The quantitative estimate of drug-likeness (QED) is 0.816.